The molecule has 0 spiro atoms. The van der Waals surface area contributed by atoms with Crippen LogP contribution < -0.4 is 0 Å². The first kappa shape index (κ1) is 15.7. The molecule has 0 amide bonds. The zero-order chi connectivity index (χ0) is 17.1. The normalized spacial score (nSPS) is 10.7. The lowest BCUT2D eigenvalue weighted by Crippen LogP contribution is -2.04. The van der Waals surface area contributed by atoms with Gasteiger partial charge in [0.15, 0.2) is 0 Å². The van der Waals surface area contributed by atoms with E-state index in [9.17, 15) is 9.90 Å². The molecule has 1 aromatic heterocycles. The number of fused-ring (bicyclic) bond motifs is 1. The van der Waals surface area contributed by atoms with E-state index in [4.69, 9.17) is 4.74 Å². The van der Waals surface area contributed by atoms with Gasteiger partial charge in [0.25, 0.3) is 0 Å². The maximum atomic E-state index is 11.0. The monoisotopic (exact) mass is 323 g/mol. The zero-order valence-electron chi connectivity index (χ0n) is 13.3. The van der Waals surface area contributed by atoms with Crippen LogP contribution in [0.2, 0.25) is 0 Å². The molecule has 1 N–H and O–H groups in total. The van der Waals surface area contributed by atoms with Crippen molar-refractivity contribution in [2.24, 2.45) is 0 Å². The molecule has 0 saturated heterocycles. The topological polar surface area (TPSA) is 77.2 Å². The minimum absolute atomic E-state index is 0.123. The summed E-state index contributed by atoms with van der Waals surface area (Å²) in [4.78, 5) is 12.5. The fourth-order valence-electron chi connectivity index (χ4n) is 2.35. The van der Waals surface area contributed by atoms with E-state index in [0.29, 0.717) is 17.6 Å². The van der Waals surface area contributed by atoms with Crippen LogP contribution in [0.5, 0.6) is 5.75 Å². The molecule has 0 aliphatic heterocycles. The van der Waals surface area contributed by atoms with Gasteiger partial charge in [-0.05, 0) is 42.3 Å². The number of hydrogen-bond donors (Lipinski definition) is 1. The SMILES string of the molecule is C=CC(=O)OCCc1ccc2nn(-c3cc(C)ccc3O)nc2c1. The van der Waals surface area contributed by atoms with Gasteiger partial charge in [0.2, 0.25) is 0 Å². The van der Waals surface area contributed by atoms with Crippen LogP contribution in [0.4, 0.5) is 0 Å². The van der Waals surface area contributed by atoms with Gasteiger partial charge in [-0.3, -0.25) is 0 Å². The molecule has 6 nitrogen and oxygen atoms in total. The van der Waals surface area contributed by atoms with Crippen LogP contribution in [-0.2, 0) is 16.0 Å². The number of carbonyl (C=O) groups excluding carboxylic acids is 1. The van der Waals surface area contributed by atoms with E-state index in [1.165, 1.54) is 4.80 Å². The fourth-order valence-corrected chi connectivity index (χ4v) is 2.35. The van der Waals surface area contributed by atoms with Gasteiger partial charge >= 0.3 is 5.97 Å². The van der Waals surface area contributed by atoms with Crippen LogP contribution in [0.3, 0.4) is 0 Å². The Morgan fingerprint density at radius 2 is 2.04 bits per heavy atom. The number of esters is 1. The summed E-state index contributed by atoms with van der Waals surface area (Å²) >= 11 is 0. The summed E-state index contributed by atoms with van der Waals surface area (Å²) in [7, 11) is 0. The zero-order valence-corrected chi connectivity index (χ0v) is 13.3. The highest BCUT2D eigenvalue weighted by atomic mass is 16.5. The van der Waals surface area contributed by atoms with E-state index in [0.717, 1.165) is 22.7 Å². The van der Waals surface area contributed by atoms with Gasteiger partial charge < -0.3 is 9.84 Å². The first-order valence-electron chi connectivity index (χ1n) is 7.52. The van der Waals surface area contributed by atoms with Gasteiger partial charge in [-0.25, -0.2) is 4.79 Å². The van der Waals surface area contributed by atoms with Crippen molar-refractivity contribution in [3.63, 3.8) is 0 Å². The van der Waals surface area contributed by atoms with E-state index in [1.807, 2.05) is 37.3 Å². The smallest absolute Gasteiger partial charge is 0.330 e. The molecule has 122 valence electrons. The number of hydrogen-bond acceptors (Lipinski definition) is 5. The van der Waals surface area contributed by atoms with Crippen molar-refractivity contribution in [3.05, 3.63) is 60.2 Å². The molecule has 3 rings (SSSR count). The second-order valence-electron chi connectivity index (χ2n) is 5.43. The molecule has 0 saturated carbocycles. The Hall–Kier alpha value is -3.15. The summed E-state index contributed by atoms with van der Waals surface area (Å²) in [6, 6.07) is 10.9. The summed E-state index contributed by atoms with van der Waals surface area (Å²) in [6.07, 6.45) is 1.72. The van der Waals surface area contributed by atoms with Gasteiger partial charge in [-0.2, -0.15) is 0 Å². The van der Waals surface area contributed by atoms with Gasteiger partial charge in [-0.15, -0.1) is 15.0 Å². The molecule has 0 atom stereocenters. The lowest BCUT2D eigenvalue weighted by atomic mass is 10.1. The van der Waals surface area contributed by atoms with Crippen LogP contribution in [-0.4, -0.2) is 32.7 Å². The molecule has 0 unspecified atom stereocenters. The molecule has 0 fully saturated rings. The first-order chi connectivity index (χ1) is 11.6. The molecule has 0 radical (unpaired) electrons. The third kappa shape index (κ3) is 3.27. The number of rotatable bonds is 5. The van der Waals surface area contributed by atoms with Crippen molar-refractivity contribution < 1.29 is 14.6 Å². The highest BCUT2D eigenvalue weighted by Gasteiger charge is 2.10. The lowest BCUT2D eigenvalue weighted by Gasteiger charge is -2.03. The highest BCUT2D eigenvalue weighted by molar-refractivity contribution is 5.81. The molecule has 3 aromatic rings. The third-order valence-corrected chi connectivity index (χ3v) is 3.59. The van der Waals surface area contributed by atoms with Crippen molar-refractivity contribution >= 4 is 17.0 Å². The molecule has 1 heterocycles. The average molecular weight is 323 g/mol. The van der Waals surface area contributed by atoms with E-state index in [2.05, 4.69) is 16.8 Å². The summed E-state index contributed by atoms with van der Waals surface area (Å²) < 4.78 is 4.98. The number of aromatic hydroxyl groups is 1. The predicted molar refractivity (Wildman–Crippen MR) is 90.1 cm³/mol. The van der Waals surface area contributed by atoms with Crippen molar-refractivity contribution in [3.8, 4) is 11.4 Å². The Morgan fingerprint density at radius 1 is 1.25 bits per heavy atom. The van der Waals surface area contributed by atoms with E-state index in [1.54, 1.807) is 6.07 Å². The van der Waals surface area contributed by atoms with Crippen LogP contribution in [0, 0.1) is 6.92 Å². The van der Waals surface area contributed by atoms with Crippen molar-refractivity contribution in [2.75, 3.05) is 6.61 Å². The molecular weight excluding hydrogens is 306 g/mol. The van der Waals surface area contributed by atoms with Gasteiger partial charge in [0, 0.05) is 12.5 Å². The number of phenols is 1. The number of benzene rings is 2. The quantitative estimate of drug-likeness (QED) is 0.577. The van der Waals surface area contributed by atoms with Crippen molar-refractivity contribution in [2.45, 2.75) is 13.3 Å². The van der Waals surface area contributed by atoms with E-state index >= 15 is 0 Å². The highest BCUT2D eigenvalue weighted by Crippen LogP contribution is 2.23. The lowest BCUT2D eigenvalue weighted by molar-refractivity contribution is -0.137. The molecule has 24 heavy (non-hydrogen) atoms. The number of aryl methyl sites for hydroxylation is 1. The predicted octanol–water partition coefficient (Wildman–Crippen LogP) is 2.71. The van der Waals surface area contributed by atoms with Crippen molar-refractivity contribution in [1.82, 2.24) is 15.0 Å². The number of phenolic OH excluding ortho intramolecular Hbond substituents is 1. The molecule has 0 bridgehead atoms. The number of carbonyl (C=O) groups is 1. The van der Waals surface area contributed by atoms with Crippen LogP contribution in [0.1, 0.15) is 11.1 Å². The third-order valence-electron chi connectivity index (χ3n) is 3.59. The van der Waals surface area contributed by atoms with Gasteiger partial charge in [0.05, 0.1) is 6.61 Å². The minimum atomic E-state index is -0.433. The summed E-state index contributed by atoms with van der Waals surface area (Å²) in [5.74, 6) is -0.311. The summed E-state index contributed by atoms with van der Waals surface area (Å²) in [5.41, 5.74) is 3.97. The number of ether oxygens (including phenoxy) is 1. The van der Waals surface area contributed by atoms with E-state index < -0.39 is 5.97 Å². The van der Waals surface area contributed by atoms with Crippen LogP contribution in [0.15, 0.2) is 49.1 Å². The Morgan fingerprint density at radius 3 is 2.83 bits per heavy atom. The molecule has 6 heteroatoms. The largest absolute Gasteiger partial charge is 0.506 e. The summed E-state index contributed by atoms with van der Waals surface area (Å²) in [5, 5.41) is 18.8. The van der Waals surface area contributed by atoms with E-state index in [-0.39, 0.29) is 12.4 Å². The second-order valence-corrected chi connectivity index (χ2v) is 5.43. The van der Waals surface area contributed by atoms with Gasteiger partial charge in [-0.1, -0.05) is 18.7 Å². The second kappa shape index (κ2) is 6.54. The first-order valence-corrected chi connectivity index (χ1v) is 7.52. The minimum Gasteiger partial charge on any atom is -0.506 e. The maximum absolute atomic E-state index is 11.0. The average Bonchev–Trinajstić information content (AvgIpc) is 3.00. The van der Waals surface area contributed by atoms with Gasteiger partial charge in [0.1, 0.15) is 22.5 Å². The Balaban J connectivity index is 1.85. The van der Waals surface area contributed by atoms with Crippen LogP contribution >= 0.6 is 0 Å². The Kier molecular flexibility index (Phi) is 4.29. The summed E-state index contributed by atoms with van der Waals surface area (Å²) in [6.45, 7) is 5.58. The molecule has 2 aromatic carbocycles. The Labute approximate surface area is 139 Å². The molecular formula is C18H17N3O3. The Bertz CT molecular complexity index is 915. The molecule has 0 aliphatic carbocycles. The van der Waals surface area contributed by atoms with Crippen molar-refractivity contribution in [1.29, 1.82) is 0 Å². The fraction of sp³-hybridized carbons (Fsp3) is 0.167. The standard InChI is InChI=1S/C18H17N3O3/c1-3-18(23)24-9-8-13-5-6-14-15(11-13)20-21(19-14)16-10-12(2)4-7-17(16)22/h3-7,10-11,22H,1,8-9H2,2H3. The van der Waals surface area contributed by atoms with Crippen LogP contribution in [0.25, 0.3) is 16.7 Å². The molecule has 0 aliphatic rings. The number of aromatic nitrogens is 3. The number of nitrogens with zero attached hydrogens (tertiary/aromatic N) is 3. The maximum Gasteiger partial charge on any atom is 0.330 e.